The van der Waals surface area contributed by atoms with Gasteiger partial charge in [0, 0.05) is 6.07 Å². The van der Waals surface area contributed by atoms with E-state index in [2.05, 4.69) is 0 Å². The van der Waals surface area contributed by atoms with Crippen molar-refractivity contribution in [1.82, 2.24) is 5.32 Å². The fourth-order valence-electron chi connectivity index (χ4n) is 1.22. The monoisotopic (exact) mass is 325 g/mol. The predicted molar refractivity (Wildman–Crippen MR) is 72.9 cm³/mol. The number of halogens is 3. The molecule has 1 amide bonds. The van der Waals surface area contributed by atoms with E-state index in [0.29, 0.717) is 0 Å². The first-order chi connectivity index (χ1) is 9.35. The predicted octanol–water partition coefficient (Wildman–Crippen LogP) is 1.11. The normalized spacial score (nSPS) is 10.4. The number of benzene rings is 1. The molecule has 1 rings (SSSR count). The number of nitrogens with zero attached hydrogens (tertiary/aromatic N) is 1. The number of nitro groups is 1. The van der Waals surface area contributed by atoms with Crippen molar-refractivity contribution in [3.05, 3.63) is 34.4 Å². The minimum absolute atomic E-state index is 0. The lowest BCUT2D eigenvalue weighted by Crippen LogP contribution is -2.43. The number of nitro benzene ring substituents is 1. The molecule has 0 aliphatic rings. The van der Waals surface area contributed by atoms with Crippen molar-refractivity contribution in [2.24, 2.45) is 5.73 Å². The smallest absolute Gasteiger partial charge is 0.310 e. The van der Waals surface area contributed by atoms with Crippen LogP contribution >= 0.6 is 12.4 Å². The molecule has 1 aromatic rings. The molecular weight excluding hydrogens is 312 g/mol. The number of amides is 1. The molecule has 0 aromatic heterocycles. The summed E-state index contributed by atoms with van der Waals surface area (Å²) in [6.45, 7) is -2.41. The molecule has 3 N–H and O–H groups in total. The quantitative estimate of drug-likeness (QED) is 0.576. The molecule has 7 nitrogen and oxygen atoms in total. The largest absolute Gasteiger partial charge is 0.477 e. The molecule has 1 aromatic carbocycles. The third-order valence-corrected chi connectivity index (χ3v) is 2.26. The van der Waals surface area contributed by atoms with E-state index in [1.807, 2.05) is 5.32 Å². The molecule has 0 saturated carbocycles. The van der Waals surface area contributed by atoms with Crippen molar-refractivity contribution >= 4 is 24.0 Å². The lowest BCUT2D eigenvalue weighted by atomic mass is 10.3. The second-order valence-corrected chi connectivity index (χ2v) is 3.85. The Morgan fingerprint density at radius 1 is 1.43 bits per heavy atom. The molecule has 10 heteroatoms. The minimum Gasteiger partial charge on any atom is -0.477 e. The number of nitrogens with one attached hydrogen (secondary N) is 1. The number of ether oxygens (including phenoxy) is 1. The highest BCUT2D eigenvalue weighted by molar-refractivity contribution is 5.85. The van der Waals surface area contributed by atoms with Gasteiger partial charge in [0.25, 0.3) is 11.8 Å². The SMILES string of the molecule is Cl.NCC(F)(F)CNC(=O)COc1ccccc1[N+](=O)[O-]. The van der Waals surface area contributed by atoms with Gasteiger partial charge in [0.05, 0.1) is 18.0 Å². The number of carbonyl (C=O) groups is 1. The lowest BCUT2D eigenvalue weighted by molar-refractivity contribution is -0.385. The summed E-state index contributed by atoms with van der Waals surface area (Å²) in [5, 5.41) is 12.6. The van der Waals surface area contributed by atoms with Crippen LogP contribution in [0.25, 0.3) is 0 Å². The van der Waals surface area contributed by atoms with Crippen LogP contribution in [0.15, 0.2) is 24.3 Å². The van der Waals surface area contributed by atoms with E-state index in [4.69, 9.17) is 10.5 Å². The molecule has 0 unspecified atom stereocenters. The molecule has 0 atom stereocenters. The van der Waals surface area contributed by atoms with Crippen LogP contribution in [-0.4, -0.2) is 36.4 Å². The van der Waals surface area contributed by atoms with Crippen molar-refractivity contribution in [3.8, 4) is 5.75 Å². The Morgan fingerprint density at radius 2 is 2.05 bits per heavy atom. The molecule has 0 saturated heterocycles. The Kier molecular flexibility index (Phi) is 7.53. The highest BCUT2D eigenvalue weighted by Gasteiger charge is 2.27. The highest BCUT2D eigenvalue weighted by Crippen LogP contribution is 2.25. The molecule has 0 spiro atoms. The summed E-state index contributed by atoms with van der Waals surface area (Å²) >= 11 is 0. The second-order valence-electron chi connectivity index (χ2n) is 3.85. The van der Waals surface area contributed by atoms with Crippen LogP contribution in [0.3, 0.4) is 0 Å². The van der Waals surface area contributed by atoms with Gasteiger partial charge in [0.15, 0.2) is 12.4 Å². The van der Waals surface area contributed by atoms with Gasteiger partial charge in [-0.25, -0.2) is 8.78 Å². The van der Waals surface area contributed by atoms with E-state index in [0.717, 1.165) is 0 Å². The van der Waals surface area contributed by atoms with Crippen molar-refractivity contribution in [2.75, 3.05) is 19.7 Å². The Morgan fingerprint density at radius 3 is 2.62 bits per heavy atom. The van der Waals surface area contributed by atoms with Gasteiger partial charge in [-0.3, -0.25) is 14.9 Å². The highest BCUT2D eigenvalue weighted by atomic mass is 35.5. The fourth-order valence-corrected chi connectivity index (χ4v) is 1.22. The third-order valence-electron chi connectivity index (χ3n) is 2.26. The first-order valence-corrected chi connectivity index (χ1v) is 5.56. The van der Waals surface area contributed by atoms with Crippen molar-refractivity contribution in [2.45, 2.75) is 5.92 Å². The van der Waals surface area contributed by atoms with E-state index in [1.54, 1.807) is 0 Å². The van der Waals surface area contributed by atoms with Crippen LogP contribution in [-0.2, 0) is 4.79 Å². The van der Waals surface area contributed by atoms with Gasteiger partial charge in [-0.2, -0.15) is 0 Å². The first kappa shape index (κ1) is 19.0. The van der Waals surface area contributed by atoms with E-state index in [-0.39, 0.29) is 23.8 Å². The second kappa shape index (κ2) is 8.32. The van der Waals surface area contributed by atoms with Gasteiger partial charge in [-0.15, -0.1) is 12.4 Å². The molecule has 0 radical (unpaired) electrons. The Balaban J connectivity index is 0.00000400. The number of hydrogen-bond donors (Lipinski definition) is 2. The van der Waals surface area contributed by atoms with E-state index in [9.17, 15) is 23.7 Å². The van der Waals surface area contributed by atoms with Gasteiger partial charge in [-0.05, 0) is 6.07 Å². The number of alkyl halides is 2. The summed E-state index contributed by atoms with van der Waals surface area (Å²) in [4.78, 5) is 21.3. The van der Waals surface area contributed by atoms with Crippen LogP contribution in [0.5, 0.6) is 5.75 Å². The van der Waals surface area contributed by atoms with Crippen LogP contribution in [0.4, 0.5) is 14.5 Å². The summed E-state index contributed by atoms with van der Waals surface area (Å²) in [7, 11) is 0. The van der Waals surface area contributed by atoms with Gasteiger partial charge in [-0.1, -0.05) is 12.1 Å². The van der Waals surface area contributed by atoms with E-state index < -0.39 is 36.4 Å². The van der Waals surface area contributed by atoms with Gasteiger partial charge in [0.1, 0.15) is 0 Å². The van der Waals surface area contributed by atoms with Gasteiger partial charge >= 0.3 is 5.69 Å². The van der Waals surface area contributed by atoms with Gasteiger partial charge in [0.2, 0.25) is 0 Å². The van der Waals surface area contributed by atoms with Crippen molar-refractivity contribution in [3.63, 3.8) is 0 Å². The number of para-hydroxylation sites is 2. The van der Waals surface area contributed by atoms with E-state index >= 15 is 0 Å². The maximum Gasteiger partial charge on any atom is 0.310 e. The summed E-state index contributed by atoms with van der Waals surface area (Å²) in [6.07, 6.45) is 0. The van der Waals surface area contributed by atoms with Crippen molar-refractivity contribution in [1.29, 1.82) is 0 Å². The molecule has 0 aliphatic carbocycles. The van der Waals surface area contributed by atoms with Crippen LogP contribution in [0.1, 0.15) is 0 Å². The summed E-state index contributed by atoms with van der Waals surface area (Å²) < 4.78 is 30.5. The number of carbonyl (C=O) groups excluding carboxylic acids is 1. The van der Waals surface area contributed by atoms with Crippen LogP contribution in [0.2, 0.25) is 0 Å². The molecule has 118 valence electrons. The molecular formula is C11H14ClF2N3O4. The minimum atomic E-state index is -3.20. The molecule has 21 heavy (non-hydrogen) atoms. The average Bonchev–Trinajstić information content (AvgIpc) is 2.43. The first-order valence-electron chi connectivity index (χ1n) is 5.56. The Labute approximate surface area is 125 Å². The van der Waals surface area contributed by atoms with Gasteiger partial charge < -0.3 is 15.8 Å². The topological polar surface area (TPSA) is 107 Å². The molecule has 0 fully saturated rings. The fraction of sp³-hybridized carbons (Fsp3) is 0.364. The number of rotatable bonds is 7. The maximum atomic E-state index is 12.8. The van der Waals surface area contributed by atoms with Crippen LogP contribution < -0.4 is 15.8 Å². The standard InChI is InChI=1S/C11H13F2N3O4.ClH/c12-11(13,6-14)7-15-10(17)5-20-9-4-2-1-3-8(9)16(18)19;/h1-4H,5-7,14H2,(H,15,17);1H. The van der Waals surface area contributed by atoms with Crippen molar-refractivity contribution < 1.29 is 23.2 Å². The maximum absolute atomic E-state index is 12.8. The summed E-state index contributed by atoms with van der Waals surface area (Å²) in [5.74, 6) is -4.14. The summed E-state index contributed by atoms with van der Waals surface area (Å²) in [6, 6.07) is 5.44. The zero-order valence-electron chi connectivity index (χ0n) is 10.8. The molecule has 0 bridgehead atoms. The molecule has 0 heterocycles. The Hall–Kier alpha value is -2.00. The lowest BCUT2D eigenvalue weighted by Gasteiger charge is -2.14. The third kappa shape index (κ3) is 6.32. The average molecular weight is 326 g/mol. The summed E-state index contributed by atoms with van der Waals surface area (Å²) in [5.41, 5.74) is 4.49. The number of hydrogen-bond acceptors (Lipinski definition) is 5. The zero-order valence-corrected chi connectivity index (χ0v) is 11.6. The Bertz CT molecular complexity index is 502. The van der Waals surface area contributed by atoms with Crippen LogP contribution in [0, 0.1) is 10.1 Å². The zero-order chi connectivity index (χ0) is 15.2. The molecule has 0 aliphatic heterocycles. The number of nitrogens with two attached hydrogens (primary N) is 1. The van der Waals surface area contributed by atoms with E-state index in [1.165, 1.54) is 24.3 Å².